The predicted molar refractivity (Wildman–Crippen MR) is 139 cm³/mol. The second-order valence-electron chi connectivity index (χ2n) is 8.04. The SMILES string of the molecule is O=C(N/N=C/c1cccc2c1ccn2Cc1cncc(-c2ccccc2)c1)c1ccc(O)c(Cl)c1. The Kier molecular flexibility index (Phi) is 6.28. The maximum atomic E-state index is 12.3. The third-order valence-corrected chi connectivity index (χ3v) is 5.98. The molecule has 5 aromatic rings. The Labute approximate surface area is 207 Å². The number of hydrogen-bond acceptors (Lipinski definition) is 4. The van der Waals surface area contributed by atoms with Crippen molar-refractivity contribution in [2.24, 2.45) is 5.10 Å². The molecule has 7 heteroatoms. The number of phenols is 1. The average molecular weight is 481 g/mol. The van der Waals surface area contributed by atoms with Crippen molar-refractivity contribution in [1.82, 2.24) is 15.0 Å². The lowest BCUT2D eigenvalue weighted by molar-refractivity contribution is 0.0955. The Hall–Kier alpha value is -4.42. The highest BCUT2D eigenvalue weighted by molar-refractivity contribution is 6.32. The van der Waals surface area contributed by atoms with Gasteiger partial charge in [-0.05, 0) is 47.5 Å². The highest BCUT2D eigenvalue weighted by Gasteiger charge is 2.09. The first-order chi connectivity index (χ1) is 17.1. The minimum Gasteiger partial charge on any atom is -0.506 e. The van der Waals surface area contributed by atoms with Gasteiger partial charge in [0.2, 0.25) is 0 Å². The smallest absolute Gasteiger partial charge is 0.271 e. The van der Waals surface area contributed by atoms with E-state index in [1.807, 2.05) is 55.0 Å². The van der Waals surface area contributed by atoms with Gasteiger partial charge in [-0.25, -0.2) is 5.43 Å². The van der Waals surface area contributed by atoms with Crippen molar-refractivity contribution in [1.29, 1.82) is 0 Å². The fourth-order valence-corrected chi connectivity index (χ4v) is 4.11. The molecule has 0 aliphatic heterocycles. The van der Waals surface area contributed by atoms with Crippen LogP contribution in [-0.2, 0) is 6.54 Å². The second kappa shape index (κ2) is 9.83. The summed E-state index contributed by atoms with van der Waals surface area (Å²) in [5.41, 5.74) is 8.05. The summed E-state index contributed by atoms with van der Waals surface area (Å²) in [7, 11) is 0. The molecule has 0 bridgehead atoms. The highest BCUT2D eigenvalue weighted by Crippen LogP contribution is 2.24. The highest BCUT2D eigenvalue weighted by atomic mass is 35.5. The third-order valence-electron chi connectivity index (χ3n) is 5.68. The van der Waals surface area contributed by atoms with E-state index in [2.05, 4.69) is 44.3 Å². The molecule has 172 valence electrons. The van der Waals surface area contributed by atoms with Crippen LogP contribution in [0.4, 0.5) is 0 Å². The van der Waals surface area contributed by atoms with Gasteiger partial charge >= 0.3 is 0 Å². The summed E-state index contributed by atoms with van der Waals surface area (Å²) in [5, 5.41) is 14.7. The first kappa shape index (κ1) is 22.4. The summed E-state index contributed by atoms with van der Waals surface area (Å²) in [6.07, 6.45) is 7.41. The number of hydrogen-bond donors (Lipinski definition) is 2. The van der Waals surface area contributed by atoms with Crippen LogP contribution in [-0.4, -0.2) is 26.8 Å². The standard InChI is InChI=1S/C28H21ClN4O2/c29-25-14-21(9-10-27(25)34)28(35)32-31-17-22-7-4-8-26-24(22)11-12-33(26)18-19-13-23(16-30-15-19)20-5-2-1-3-6-20/h1-17,34H,18H2,(H,32,35)/b31-17+. The monoisotopic (exact) mass is 480 g/mol. The maximum absolute atomic E-state index is 12.3. The van der Waals surface area contributed by atoms with Crippen LogP contribution in [0, 0.1) is 0 Å². The lowest BCUT2D eigenvalue weighted by atomic mass is 10.1. The zero-order chi connectivity index (χ0) is 24.2. The molecule has 0 spiro atoms. The molecule has 0 aliphatic carbocycles. The van der Waals surface area contributed by atoms with Crippen LogP contribution < -0.4 is 5.43 Å². The molecule has 0 unspecified atom stereocenters. The molecule has 2 N–H and O–H groups in total. The van der Waals surface area contributed by atoms with Gasteiger partial charge in [-0.15, -0.1) is 0 Å². The van der Waals surface area contributed by atoms with Gasteiger partial charge in [-0.1, -0.05) is 54.1 Å². The quantitative estimate of drug-likeness (QED) is 0.235. The van der Waals surface area contributed by atoms with Crippen LogP contribution in [0.2, 0.25) is 5.02 Å². The van der Waals surface area contributed by atoms with E-state index in [1.165, 1.54) is 18.2 Å². The number of amides is 1. The normalized spacial score (nSPS) is 11.2. The van der Waals surface area contributed by atoms with Crippen LogP contribution in [0.25, 0.3) is 22.0 Å². The molecule has 5 rings (SSSR count). The fraction of sp³-hybridized carbons (Fsp3) is 0.0357. The molecule has 0 saturated carbocycles. The van der Waals surface area contributed by atoms with Crippen molar-refractivity contribution >= 4 is 34.6 Å². The third kappa shape index (κ3) is 4.93. The number of aromatic nitrogens is 2. The van der Waals surface area contributed by atoms with Crippen LogP contribution in [0.15, 0.2) is 103 Å². The van der Waals surface area contributed by atoms with Gasteiger partial charge < -0.3 is 9.67 Å². The predicted octanol–water partition coefficient (Wildman–Crippen LogP) is 5.87. The second-order valence-corrected chi connectivity index (χ2v) is 8.44. The van der Waals surface area contributed by atoms with Gasteiger partial charge in [-0.2, -0.15) is 5.10 Å². The number of fused-ring (bicyclic) bond motifs is 1. The molecule has 2 heterocycles. The topological polar surface area (TPSA) is 79.5 Å². The molecule has 0 atom stereocenters. The van der Waals surface area contributed by atoms with Gasteiger partial charge in [-0.3, -0.25) is 9.78 Å². The number of nitrogens with one attached hydrogen (secondary N) is 1. The molecule has 0 saturated heterocycles. The molecular weight excluding hydrogens is 460 g/mol. The Morgan fingerprint density at radius 1 is 1.00 bits per heavy atom. The summed E-state index contributed by atoms with van der Waals surface area (Å²) in [4.78, 5) is 16.8. The van der Waals surface area contributed by atoms with Gasteiger partial charge in [0.15, 0.2) is 0 Å². The number of carbonyl (C=O) groups excluding carboxylic acids is 1. The van der Waals surface area contributed by atoms with E-state index in [-0.39, 0.29) is 10.8 Å². The number of benzene rings is 3. The molecule has 1 amide bonds. The molecule has 2 aromatic heterocycles. The first-order valence-corrected chi connectivity index (χ1v) is 11.4. The van der Waals surface area contributed by atoms with Crippen LogP contribution in [0.5, 0.6) is 5.75 Å². The molecule has 3 aromatic carbocycles. The van der Waals surface area contributed by atoms with Gasteiger partial charge in [0.25, 0.3) is 5.91 Å². The number of phenolic OH excluding ortho intramolecular Hbond substituents is 1. The molecule has 6 nitrogen and oxygen atoms in total. The van der Waals surface area contributed by atoms with Crippen molar-refractivity contribution in [3.63, 3.8) is 0 Å². The van der Waals surface area contributed by atoms with Crippen molar-refractivity contribution in [2.45, 2.75) is 6.54 Å². The van der Waals surface area contributed by atoms with E-state index < -0.39 is 5.91 Å². The summed E-state index contributed by atoms with van der Waals surface area (Å²) < 4.78 is 2.16. The minimum absolute atomic E-state index is 0.0783. The zero-order valence-corrected chi connectivity index (χ0v) is 19.4. The van der Waals surface area contributed by atoms with Gasteiger partial charge in [0.05, 0.1) is 11.2 Å². The number of halogens is 1. The summed E-state index contributed by atoms with van der Waals surface area (Å²) in [6.45, 7) is 0.677. The maximum Gasteiger partial charge on any atom is 0.271 e. The van der Waals surface area contributed by atoms with Crippen LogP contribution in [0.1, 0.15) is 21.5 Å². The number of aromatic hydroxyl groups is 1. The van der Waals surface area contributed by atoms with Gasteiger partial charge in [0.1, 0.15) is 5.75 Å². The fourth-order valence-electron chi connectivity index (χ4n) is 3.93. The number of carbonyl (C=O) groups is 1. The molecule has 35 heavy (non-hydrogen) atoms. The van der Waals surface area contributed by atoms with E-state index in [0.29, 0.717) is 12.1 Å². The van der Waals surface area contributed by atoms with Crippen molar-refractivity contribution in [3.8, 4) is 16.9 Å². The van der Waals surface area contributed by atoms with E-state index >= 15 is 0 Å². The Morgan fingerprint density at radius 2 is 1.86 bits per heavy atom. The first-order valence-electron chi connectivity index (χ1n) is 11.0. The van der Waals surface area contributed by atoms with E-state index in [1.54, 1.807) is 6.21 Å². The molecule has 0 fully saturated rings. The van der Waals surface area contributed by atoms with Crippen molar-refractivity contribution in [3.05, 3.63) is 119 Å². The van der Waals surface area contributed by atoms with E-state index in [9.17, 15) is 9.90 Å². The van der Waals surface area contributed by atoms with Crippen molar-refractivity contribution < 1.29 is 9.90 Å². The number of nitrogens with zero attached hydrogens (tertiary/aromatic N) is 3. The number of hydrazone groups is 1. The minimum atomic E-state index is -0.418. The lowest BCUT2D eigenvalue weighted by Crippen LogP contribution is -2.17. The average Bonchev–Trinajstić information content (AvgIpc) is 3.30. The Morgan fingerprint density at radius 3 is 2.69 bits per heavy atom. The lowest BCUT2D eigenvalue weighted by Gasteiger charge is -2.08. The number of rotatable bonds is 6. The van der Waals surface area contributed by atoms with Crippen LogP contribution >= 0.6 is 11.6 Å². The Balaban J connectivity index is 1.34. The number of pyridine rings is 1. The molecule has 0 aliphatic rings. The Bertz CT molecular complexity index is 1540. The van der Waals surface area contributed by atoms with E-state index in [0.717, 1.165) is 33.2 Å². The summed E-state index contributed by atoms with van der Waals surface area (Å²) >= 11 is 5.88. The summed E-state index contributed by atoms with van der Waals surface area (Å²) in [6, 6.07) is 24.6. The van der Waals surface area contributed by atoms with E-state index in [4.69, 9.17) is 11.6 Å². The van der Waals surface area contributed by atoms with Gasteiger partial charge in [0, 0.05) is 52.7 Å². The zero-order valence-electron chi connectivity index (χ0n) is 18.6. The van der Waals surface area contributed by atoms with Crippen molar-refractivity contribution in [2.75, 3.05) is 0 Å². The summed E-state index contributed by atoms with van der Waals surface area (Å²) in [5.74, 6) is -0.496. The largest absolute Gasteiger partial charge is 0.506 e. The molecule has 0 radical (unpaired) electrons. The van der Waals surface area contributed by atoms with Crippen LogP contribution in [0.3, 0.4) is 0 Å². The molecular formula is C28H21ClN4O2.